The number of amides is 1. The SMILES string of the molecule is CNC(=O)c1ccnc(-c2cnc3[nH]ccc3c2NC2CC(NS(=O)(=O)c3cccc(C#N)c3)C2)c1. The van der Waals surface area contributed by atoms with Crippen LogP contribution in [-0.4, -0.2) is 48.4 Å². The third-order valence-corrected chi connectivity index (χ3v) is 7.71. The number of carbonyl (C=O) groups excluding carboxylic acids is 1. The van der Waals surface area contributed by atoms with Gasteiger partial charge in [0, 0.05) is 54.2 Å². The number of aromatic nitrogens is 3. The molecule has 0 radical (unpaired) electrons. The van der Waals surface area contributed by atoms with Crippen molar-refractivity contribution in [3.05, 3.63) is 72.2 Å². The molecule has 0 bridgehead atoms. The summed E-state index contributed by atoms with van der Waals surface area (Å²) in [6.07, 6.45) is 6.25. The van der Waals surface area contributed by atoms with E-state index in [1.807, 2.05) is 12.1 Å². The normalized spacial score (nSPS) is 17.2. The van der Waals surface area contributed by atoms with Gasteiger partial charge in [0.05, 0.1) is 27.9 Å². The Morgan fingerprint density at radius 1 is 1.14 bits per heavy atom. The van der Waals surface area contributed by atoms with Gasteiger partial charge in [0.25, 0.3) is 5.91 Å². The highest BCUT2D eigenvalue weighted by molar-refractivity contribution is 7.89. The van der Waals surface area contributed by atoms with E-state index < -0.39 is 10.0 Å². The number of nitrogens with one attached hydrogen (secondary N) is 4. The number of anilines is 1. The largest absolute Gasteiger partial charge is 0.381 e. The van der Waals surface area contributed by atoms with Crippen molar-refractivity contribution in [3.63, 3.8) is 0 Å². The molecule has 3 heterocycles. The van der Waals surface area contributed by atoms with Crippen molar-refractivity contribution < 1.29 is 13.2 Å². The average Bonchev–Trinajstić information content (AvgIpc) is 3.36. The lowest BCUT2D eigenvalue weighted by Gasteiger charge is -2.37. The third kappa shape index (κ3) is 4.51. The maximum Gasteiger partial charge on any atom is 0.251 e. The molecule has 10 nitrogen and oxygen atoms in total. The summed E-state index contributed by atoms with van der Waals surface area (Å²) in [4.78, 5) is 24.2. The van der Waals surface area contributed by atoms with Gasteiger partial charge in [-0.15, -0.1) is 0 Å². The van der Waals surface area contributed by atoms with E-state index in [9.17, 15) is 13.2 Å². The van der Waals surface area contributed by atoms with E-state index >= 15 is 0 Å². The van der Waals surface area contributed by atoms with Gasteiger partial charge in [0.2, 0.25) is 10.0 Å². The summed E-state index contributed by atoms with van der Waals surface area (Å²) in [6.45, 7) is 0. The molecule has 0 aliphatic heterocycles. The Hall–Kier alpha value is -4.27. The van der Waals surface area contributed by atoms with Crippen LogP contribution in [0.2, 0.25) is 0 Å². The molecule has 0 saturated heterocycles. The van der Waals surface area contributed by atoms with Gasteiger partial charge in [-0.05, 0) is 49.2 Å². The van der Waals surface area contributed by atoms with Gasteiger partial charge in [0.1, 0.15) is 5.65 Å². The molecule has 0 spiro atoms. The Morgan fingerprint density at radius 2 is 1.97 bits per heavy atom. The highest BCUT2D eigenvalue weighted by Gasteiger charge is 2.33. The predicted octanol–water partition coefficient (Wildman–Crippen LogP) is 2.78. The molecule has 1 fully saturated rings. The first kappa shape index (κ1) is 23.5. The monoisotopic (exact) mass is 501 g/mol. The number of H-pyrrole nitrogens is 1. The maximum atomic E-state index is 12.8. The zero-order valence-electron chi connectivity index (χ0n) is 19.3. The molecule has 11 heteroatoms. The van der Waals surface area contributed by atoms with E-state index in [2.05, 4.69) is 30.3 Å². The number of aromatic amines is 1. The van der Waals surface area contributed by atoms with Crippen LogP contribution in [0.3, 0.4) is 0 Å². The molecule has 0 atom stereocenters. The Balaban J connectivity index is 1.35. The summed E-state index contributed by atoms with van der Waals surface area (Å²) in [5.74, 6) is -0.210. The number of nitrogens with zero attached hydrogens (tertiary/aromatic N) is 3. The number of sulfonamides is 1. The molecule has 1 aromatic carbocycles. The van der Waals surface area contributed by atoms with Crippen LogP contribution >= 0.6 is 0 Å². The Labute approximate surface area is 207 Å². The van der Waals surface area contributed by atoms with Crippen molar-refractivity contribution >= 4 is 32.7 Å². The molecule has 4 aromatic rings. The first-order valence-corrected chi connectivity index (χ1v) is 12.8. The summed E-state index contributed by atoms with van der Waals surface area (Å²) >= 11 is 0. The van der Waals surface area contributed by atoms with Crippen LogP contribution in [0, 0.1) is 11.3 Å². The molecule has 0 unspecified atom stereocenters. The minimum absolute atomic E-state index is 0.0181. The first-order valence-electron chi connectivity index (χ1n) is 11.3. The van der Waals surface area contributed by atoms with Crippen molar-refractivity contribution in [3.8, 4) is 17.3 Å². The molecule has 4 N–H and O–H groups in total. The quantitative estimate of drug-likeness (QED) is 0.304. The number of hydrogen-bond donors (Lipinski definition) is 4. The summed E-state index contributed by atoms with van der Waals surface area (Å²) < 4.78 is 28.3. The molecule has 36 heavy (non-hydrogen) atoms. The van der Waals surface area contributed by atoms with Gasteiger partial charge in [-0.2, -0.15) is 5.26 Å². The summed E-state index contributed by atoms with van der Waals surface area (Å²) in [5.41, 5.74) is 3.64. The highest BCUT2D eigenvalue weighted by atomic mass is 32.2. The lowest BCUT2D eigenvalue weighted by atomic mass is 9.87. The molecule has 1 aliphatic rings. The van der Waals surface area contributed by atoms with Gasteiger partial charge in [-0.25, -0.2) is 18.1 Å². The van der Waals surface area contributed by atoms with Crippen LogP contribution in [0.1, 0.15) is 28.8 Å². The van der Waals surface area contributed by atoms with Crippen LogP contribution in [-0.2, 0) is 10.0 Å². The molecular weight excluding hydrogens is 478 g/mol. The van der Waals surface area contributed by atoms with Gasteiger partial charge in [-0.3, -0.25) is 9.78 Å². The topological polar surface area (TPSA) is 153 Å². The minimum Gasteiger partial charge on any atom is -0.381 e. The standard InChI is InChI=1S/C25H23N7O3S/c1-27-25(33)16-5-7-28-22(10-16)21-14-30-24-20(6-8-29-24)23(21)31-17-11-18(12-17)32-36(34,35)19-4-2-3-15(9-19)13-26/h2-10,14,17-18,32H,11-12H2,1H3,(H,27,33)(H2,29,30,31). The number of nitriles is 1. The fourth-order valence-corrected chi connectivity index (χ4v) is 5.58. The smallest absolute Gasteiger partial charge is 0.251 e. The Morgan fingerprint density at radius 3 is 2.75 bits per heavy atom. The van der Waals surface area contributed by atoms with Crippen LogP contribution in [0.4, 0.5) is 5.69 Å². The highest BCUT2D eigenvalue weighted by Crippen LogP contribution is 2.36. The molecule has 1 saturated carbocycles. The predicted molar refractivity (Wildman–Crippen MR) is 135 cm³/mol. The fourth-order valence-electron chi connectivity index (χ4n) is 4.28. The molecule has 5 rings (SSSR count). The Bertz CT molecular complexity index is 1600. The molecule has 1 aliphatic carbocycles. The van der Waals surface area contributed by atoms with Crippen molar-refractivity contribution in [1.82, 2.24) is 25.0 Å². The van der Waals surface area contributed by atoms with Crippen molar-refractivity contribution in [2.24, 2.45) is 0 Å². The van der Waals surface area contributed by atoms with E-state index in [-0.39, 0.29) is 22.9 Å². The van der Waals surface area contributed by atoms with E-state index in [0.29, 0.717) is 35.3 Å². The minimum atomic E-state index is -3.73. The second kappa shape index (κ2) is 9.41. The molecule has 3 aromatic heterocycles. The van der Waals surface area contributed by atoms with E-state index in [1.165, 1.54) is 12.1 Å². The van der Waals surface area contributed by atoms with Crippen LogP contribution < -0.4 is 15.4 Å². The van der Waals surface area contributed by atoms with E-state index in [4.69, 9.17) is 5.26 Å². The molecule has 1 amide bonds. The van der Waals surface area contributed by atoms with Crippen LogP contribution in [0.15, 0.2) is 66.0 Å². The fraction of sp³-hybridized carbons (Fsp3) is 0.200. The second-order valence-electron chi connectivity index (χ2n) is 8.57. The number of benzene rings is 1. The zero-order chi connectivity index (χ0) is 25.3. The summed E-state index contributed by atoms with van der Waals surface area (Å²) in [7, 11) is -2.16. The van der Waals surface area contributed by atoms with Crippen molar-refractivity contribution in [1.29, 1.82) is 5.26 Å². The van der Waals surface area contributed by atoms with E-state index in [1.54, 1.807) is 49.9 Å². The summed E-state index contributed by atoms with van der Waals surface area (Å²) in [6, 6.07) is 13.0. The van der Waals surface area contributed by atoms with Gasteiger partial charge in [-0.1, -0.05) is 6.07 Å². The first-order chi connectivity index (χ1) is 17.4. The molecule has 182 valence electrons. The van der Waals surface area contributed by atoms with Gasteiger partial charge < -0.3 is 15.6 Å². The second-order valence-corrected chi connectivity index (χ2v) is 10.3. The third-order valence-electron chi connectivity index (χ3n) is 6.19. The van der Waals surface area contributed by atoms with E-state index in [0.717, 1.165) is 16.6 Å². The summed E-state index contributed by atoms with van der Waals surface area (Å²) in [5, 5.41) is 16.1. The number of hydrogen-bond acceptors (Lipinski definition) is 7. The number of carbonyl (C=O) groups is 1. The van der Waals surface area contributed by atoms with Gasteiger partial charge in [0.15, 0.2) is 0 Å². The Kier molecular flexibility index (Phi) is 6.13. The maximum absolute atomic E-state index is 12.8. The van der Waals surface area contributed by atoms with Crippen LogP contribution in [0.25, 0.3) is 22.3 Å². The van der Waals surface area contributed by atoms with Gasteiger partial charge >= 0.3 is 0 Å². The average molecular weight is 502 g/mol. The zero-order valence-corrected chi connectivity index (χ0v) is 20.1. The number of rotatable bonds is 7. The number of fused-ring (bicyclic) bond motifs is 1. The molecular formula is C25H23N7O3S. The lowest BCUT2D eigenvalue weighted by Crippen LogP contribution is -2.49. The number of pyridine rings is 2. The van der Waals surface area contributed by atoms with Crippen molar-refractivity contribution in [2.75, 3.05) is 12.4 Å². The lowest BCUT2D eigenvalue weighted by molar-refractivity contribution is 0.0963. The van der Waals surface area contributed by atoms with Crippen LogP contribution in [0.5, 0.6) is 0 Å². The van der Waals surface area contributed by atoms with Crippen molar-refractivity contribution in [2.45, 2.75) is 29.8 Å².